The Bertz CT molecular complexity index is 890. The van der Waals surface area contributed by atoms with Crippen molar-refractivity contribution in [1.82, 2.24) is 0 Å². The number of ether oxygens (including phenoxy) is 2. The lowest BCUT2D eigenvalue weighted by Gasteiger charge is -2.46. The van der Waals surface area contributed by atoms with Gasteiger partial charge in [-0.25, -0.2) is 4.99 Å². The maximum Gasteiger partial charge on any atom is 0.231 e. The zero-order valence-corrected chi connectivity index (χ0v) is 15.7. The molecule has 5 rings (SSSR count). The number of benzene rings is 1. The van der Waals surface area contributed by atoms with E-state index in [4.69, 9.17) is 25.9 Å². The molecule has 1 aromatic rings. The topological polar surface area (TPSA) is 119 Å². The van der Waals surface area contributed by atoms with E-state index in [2.05, 4.69) is 4.99 Å². The van der Waals surface area contributed by atoms with Crippen LogP contribution in [0, 0.1) is 0 Å². The van der Waals surface area contributed by atoms with Gasteiger partial charge in [0, 0.05) is 25.1 Å². The van der Waals surface area contributed by atoms with E-state index in [0.29, 0.717) is 30.4 Å². The zero-order valence-electron chi connectivity index (χ0n) is 15.7. The van der Waals surface area contributed by atoms with Crippen LogP contribution in [0.25, 0.3) is 0 Å². The number of hydrogen-bond acceptors (Lipinski definition) is 8. The highest BCUT2D eigenvalue weighted by atomic mass is 16.7. The van der Waals surface area contributed by atoms with E-state index >= 15 is 0 Å². The minimum atomic E-state index is -0.584. The molecular weight excluding hydrogens is 360 g/mol. The number of anilines is 2. The Morgan fingerprint density at radius 3 is 2.39 bits per heavy atom. The Balaban J connectivity index is 1.68. The van der Waals surface area contributed by atoms with Crippen LogP contribution in [0.5, 0.6) is 11.5 Å². The first-order valence-corrected chi connectivity index (χ1v) is 9.81. The fourth-order valence-electron chi connectivity index (χ4n) is 4.69. The van der Waals surface area contributed by atoms with Crippen molar-refractivity contribution in [1.29, 1.82) is 0 Å². The van der Waals surface area contributed by atoms with Crippen LogP contribution >= 0.6 is 0 Å². The van der Waals surface area contributed by atoms with E-state index in [1.165, 1.54) is 0 Å². The van der Waals surface area contributed by atoms with Crippen molar-refractivity contribution in [3.63, 3.8) is 0 Å². The van der Waals surface area contributed by atoms with Gasteiger partial charge in [-0.3, -0.25) is 9.69 Å². The summed E-state index contributed by atoms with van der Waals surface area (Å²) in [6.07, 6.45) is 6.23. The number of aliphatic imine (C=N–C) groups is 2. The number of nitrogens with two attached hydrogens (primary N) is 2. The van der Waals surface area contributed by atoms with E-state index in [1.54, 1.807) is 4.90 Å². The number of nitrogens with zero attached hydrogens (tertiary/aromatic N) is 4. The van der Waals surface area contributed by atoms with Gasteiger partial charge in [0.2, 0.25) is 24.6 Å². The number of carbonyl (C=O) groups is 1. The molecule has 0 radical (unpaired) electrons. The summed E-state index contributed by atoms with van der Waals surface area (Å²) in [4.78, 5) is 25.3. The standard InChI is InChI=1S/C19H24N6O3/c20-17-22-18(21)25(19(23-17)6-2-1-3-7-19)13-10-15-14(27-11-28-15)9-12(13)24-8-4-5-16(24)26/h9-10H,1-8,11H2,(H4,20,21,22,23). The molecule has 0 atom stereocenters. The molecule has 9 heteroatoms. The van der Waals surface area contributed by atoms with Gasteiger partial charge < -0.3 is 25.8 Å². The number of amides is 1. The predicted octanol–water partition coefficient (Wildman–Crippen LogP) is 1.65. The average molecular weight is 384 g/mol. The predicted molar refractivity (Wildman–Crippen MR) is 106 cm³/mol. The molecule has 1 aliphatic carbocycles. The number of hydrogen-bond donors (Lipinski definition) is 2. The SMILES string of the molecule is NC1=NC2(CCCCC2)N(c2cc3c(cc2N2CCCC2=O)OCO3)C(N)=N1. The Morgan fingerprint density at radius 2 is 1.71 bits per heavy atom. The fraction of sp³-hybridized carbons (Fsp3) is 0.526. The number of fused-ring (bicyclic) bond motifs is 1. The highest BCUT2D eigenvalue weighted by molar-refractivity contribution is 6.09. The van der Waals surface area contributed by atoms with Crippen molar-refractivity contribution >= 4 is 29.2 Å². The van der Waals surface area contributed by atoms with Crippen LogP contribution in [-0.4, -0.2) is 36.8 Å². The molecule has 0 aromatic heterocycles. The Labute approximate surface area is 163 Å². The fourth-order valence-corrected chi connectivity index (χ4v) is 4.69. The van der Waals surface area contributed by atoms with Crippen molar-refractivity contribution in [2.45, 2.75) is 50.6 Å². The summed E-state index contributed by atoms with van der Waals surface area (Å²) in [6.45, 7) is 0.820. The molecule has 9 nitrogen and oxygen atoms in total. The van der Waals surface area contributed by atoms with Crippen LogP contribution in [0.15, 0.2) is 22.1 Å². The molecule has 4 N–H and O–H groups in total. The molecule has 3 aliphatic heterocycles. The van der Waals surface area contributed by atoms with Gasteiger partial charge in [0.1, 0.15) is 5.66 Å². The van der Waals surface area contributed by atoms with Crippen LogP contribution in [-0.2, 0) is 4.79 Å². The van der Waals surface area contributed by atoms with Crippen LogP contribution in [0.2, 0.25) is 0 Å². The van der Waals surface area contributed by atoms with Crippen molar-refractivity contribution in [3.05, 3.63) is 12.1 Å². The van der Waals surface area contributed by atoms with Crippen molar-refractivity contribution in [3.8, 4) is 11.5 Å². The van der Waals surface area contributed by atoms with E-state index in [-0.39, 0.29) is 18.7 Å². The first kappa shape index (κ1) is 17.2. The molecule has 1 amide bonds. The van der Waals surface area contributed by atoms with E-state index < -0.39 is 5.66 Å². The monoisotopic (exact) mass is 384 g/mol. The van der Waals surface area contributed by atoms with Crippen molar-refractivity contribution in [2.24, 2.45) is 21.5 Å². The third-order valence-electron chi connectivity index (χ3n) is 5.93. The van der Waals surface area contributed by atoms with Gasteiger partial charge in [0.05, 0.1) is 11.4 Å². The van der Waals surface area contributed by atoms with Crippen LogP contribution < -0.4 is 30.7 Å². The van der Waals surface area contributed by atoms with Crippen molar-refractivity contribution < 1.29 is 14.3 Å². The average Bonchev–Trinajstić information content (AvgIpc) is 3.29. The number of guanidine groups is 2. The highest BCUT2D eigenvalue weighted by Gasteiger charge is 2.44. The van der Waals surface area contributed by atoms with E-state index in [9.17, 15) is 4.79 Å². The summed E-state index contributed by atoms with van der Waals surface area (Å²) in [6, 6.07) is 3.76. The van der Waals surface area contributed by atoms with Gasteiger partial charge in [0.15, 0.2) is 11.5 Å². The molecule has 0 bridgehead atoms. The van der Waals surface area contributed by atoms with E-state index in [1.807, 2.05) is 17.0 Å². The van der Waals surface area contributed by atoms with Gasteiger partial charge in [-0.2, -0.15) is 4.99 Å². The quantitative estimate of drug-likeness (QED) is 0.800. The molecule has 1 spiro atoms. The summed E-state index contributed by atoms with van der Waals surface area (Å²) in [5, 5.41) is 0. The maximum absolute atomic E-state index is 12.5. The minimum absolute atomic E-state index is 0.0911. The van der Waals surface area contributed by atoms with Gasteiger partial charge in [-0.05, 0) is 32.1 Å². The lowest BCUT2D eigenvalue weighted by molar-refractivity contribution is -0.117. The normalized spacial score (nSPS) is 23.2. The number of carbonyl (C=O) groups excluding carboxylic acids is 1. The molecule has 1 saturated heterocycles. The molecule has 1 aromatic carbocycles. The van der Waals surface area contributed by atoms with Crippen LogP contribution in [0.3, 0.4) is 0 Å². The molecule has 148 valence electrons. The van der Waals surface area contributed by atoms with Gasteiger partial charge >= 0.3 is 0 Å². The van der Waals surface area contributed by atoms with Crippen LogP contribution in [0.1, 0.15) is 44.9 Å². The van der Waals surface area contributed by atoms with Gasteiger partial charge in [0.25, 0.3) is 0 Å². The summed E-state index contributed by atoms with van der Waals surface area (Å²) < 4.78 is 11.2. The summed E-state index contributed by atoms with van der Waals surface area (Å²) in [5.74, 6) is 1.85. The first-order chi connectivity index (χ1) is 13.6. The van der Waals surface area contributed by atoms with Crippen LogP contribution in [0.4, 0.5) is 11.4 Å². The number of rotatable bonds is 2. The lowest BCUT2D eigenvalue weighted by atomic mass is 9.87. The Morgan fingerprint density at radius 1 is 1.00 bits per heavy atom. The Hall–Kier alpha value is -2.97. The second kappa shape index (κ2) is 6.29. The summed E-state index contributed by atoms with van der Waals surface area (Å²) in [5.41, 5.74) is 13.3. The smallest absolute Gasteiger partial charge is 0.231 e. The van der Waals surface area contributed by atoms with E-state index in [0.717, 1.165) is 49.9 Å². The molecule has 4 aliphatic rings. The van der Waals surface area contributed by atoms with Gasteiger partial charge in [-0.15, -0.1) is 0 Å². The highest BCUT2D eigenvalue weighted by Crippen LogP contribution is 2.48. The first-order valence-electron chi connectivity index (χ1n) is 9.81. The minimum Gasteiger partial charge on any atom is -0.454 e. The van der Waals surface area contributed by atoms with Gasteiger partial charge in [-0.1, -0.05) is 6.42 Å². The third-order valence-corrected chi connectivity index (χ3v) is 5.93. The molecule has 1 saturated carbocycles. The zero-order chi connectivity index (χ0) is 19.3. The molecular formula is C19H24N6O3. The molecule has 28 heavy (non-hydrogen) atoms. The molecule has 0 unspecified atom stereocenters. The largest absolute Gasteiger partial charge is 0.454 e. The second-order valence-electron chi connectivity index (χ2n) is 7.66. The maximum atomic E-state index is 12.5. The molecule has 2 fully saturated rings. The summed E-state index contributed by atoms with van der Waals surface area (Å²) in [7, 11) is 0. The van der Waals surface area contributed by atoms with Crippen molar-refractivity contribution in [2.75, 3.05) is 23.1 Å². The molecule has 3 heterocycles. The third kappa shape index (κ3) is 2.56. The second-order valence-corrected chi connectivity index (χ2v) is 7.66. The Kier molecular flexibility index (Phi) is 3.85. The lowest BCUT2D eigenvalue weighted by Crippen LogP contribution is -2.58. The summed E-state index contributed by atoms with van der Waals surface area (Å²) >= 11 is 0.